The zero-order chi connectivity index (χ0) is 17.0. The molecule has 2 aromatic rings. The van der Waals surface area contributed by atoms with Gasteiger partial charge in [0.2, 0.25) is 5.91 Å². The van der Waals surface area contributed by atoms with E-state index in [1.165, 1.54) is 11.3 Å². The summed E-state index contributed by atoms with van der Waals surface area (Å²) in [5.41, 5.74) is 2.86. The van der Waals surface area contributed by atoms with Crippen molar-refractivity contribution in [1.82, 2.24) is 5.32 Å². The number of nitrogens with one attached hydrogen (secondary N) is 2. The molecule has 4 nitrogen and oxygen atoms in total. The van der Waals surface area contributed by atoms with Crippen LogP contribution in [0.2, 0.25) is 0 Å². The van der Waals surface area contributed by atoms with E-state index in [4.69, 9.17) is 0 Å². The van der Waals surface area contributed by atoms with Crippen LogP contribution in [-0.2, 0) is 4.79 Å². The molecule has 0 bridgehead atoms. The number of carbonyl (C=O) groups excluding carboxylic acids is 2. The van der Waals surface area contributed by atoms with Gasteiger partial charge in [-0.2, -0.15) is 0 Å². The first kappa shape index (κ1) is 17.2. The summed E-state index contributed by atoms with van der Waals surface area (Å²) >= 11 is 1.36. The van der Waals surface area contributed by atoms with Crippen LogP contribution >= 0.6 is 11.3 Å². The second kappa shape index (κ2) is 7.42. The Morgan fingerprint density at radius 2 is 1.87 bits per heavy atom. The average molecular weight is 330 g/mol. The molecule has 23 heavy (non-hydrogen) atoms. The number of aryl methyl sites for hydroxylation is 2. The molecule has 0 aliphatic carbocycles. The van der Waals surface area contributed by atoms with E-state index in [0.29, 0.717) is 4.88 Å². The zero-order valence-electron chi connectivity index (χ0n) is 13.8. The van der Waals surface area contributed by atoms with Crippen LogP contribution in [0, 0.1) is 19.8 Å². The van der Waals surface area contributed by atoms with Crippen LogP contribution in [0.3, 0.4) is 0 Å². The minimum Gasteiger partial charge on any atom is -0.339 e. The van der Waals surface area contributed by atoms with Gasteiger partial charge in [-0.1, -0.05) is 32.0 Å². The molecule has 2 amide bonds. The van der Waals surface area contributed by atoms with Gasteiger partial charge in [0.05, 0.1) is 4.88 Å². The van der Waals surface area contributed by atoms with Crippen molar-refractivity contribution in [3.05, 3.63) is 51.7 Å². The fourth-order valence-electron chi connectivity index (χ4n) is 2.24. The van der Waals surface area contributed by atoms with Crippen molar-refractivity contribution < 1.29 is 9.59 Å². The van der Waals surface area contributed by atoms with E-state index in [1.54, 1.807) is 6.07 Å². The smallest absolute Gasteiger partial charge is 0.262 e. The minimum atomic E-state index is -0.579. The first-order chi connectivity index (χ1) is 10.9. The highest BCUT2D eigenvalue weighted by Crippen LogP contribution is 2.18. The summed E-state index contributed by atoms with van der Waals surface area (Å²) in [6.45, 7) is 7.77. The topological polar surface area (TPSA) is 58.2 Å². The molecule has 2 rings (SSSR count). The predicted octanol–water partition coefficient (Wildman–Crippen LogP) is 3.76. The molecule has 0 saturated carbocycles. The Kier molecular flexibility index (Phi) is 5.55. The molecule has 0 radical (unpaired) electrons. The lowest BCUT2D eigenvalue weighted by Gasteiger charge is -2.22. The Labute approximate surface area is 140 Å². The summed E-state index contributed by atoms with van der Waals surface area (Å²) in [4.78, 5) is 25.4. The molecule has 0 fully saturated rings. The van der Waals surface area contributed by atoms with Gasteiger partial charge in [-0.25, -0.2) is 0 Å². The number of hydrogen-bond acceptors (Lipinski definition) is 3. The maximum absolute atomic E-state index is 12.6. The van der Waals surface area contributed by atoms with Crippen LogP contribution in [-0.4, -0.2) is 17.9 Å². The normalized spacial score (nSPS) is 12.0. The van der Waals surface area contributed by atoms with E-state index in [9.17, 15) is 9.59 Å². The number of amides is 2. The Bertz CT molecular complexity index is 693. The summed E-state index contributed by atoms with van der Waals surface area (Å²) in [5, 5.41) is 7.61. The van der Waals surface area contributed by atoms with Gasteiger partial charge < -0.3 is 10.6 Å². The van der Waals surface area contributed by atoms with Crippen LogP contribution in [0.5, 0.6) is 0 Å². The number of thiophene rings is 1. The summed E-state index contributed by atoms with van der Waals surface area (Å²) in [7, 11) is 0. The van der Waals surface area contributed by atoms with Crippen LogP contribution < -0.4 is 10.6 Å². The van der Waals surface area contributed by atoms with Crippen LogP contribution in [0.1, 0.15) is 34.6 Å². The Hall–Kier alpha value is -2.14. The fourth-order valence-corrected chi connectivity index (χ4v) is 2.86. The third-order valence-corrected chi connectivity index (χ3v) is 4.50. The second-order valence-corrected chi connectivity index (χ2v) is 6.93. The van der Waals surface area contributed by atoms with Gasteiger partial charge in [0.15, 0.2) is 0 Å². The van der Waals surface area contributed by atoms with Crippen molar-refractivity contribution in [2.75, 3.05) is 5.32 Å². The average Bonchev–Trinajstić information content (AvgIpc) is 3.02. The molecule has 0 aliphatic rings. The number of anilines is 1. The Morgan fingerprint density at radius 1 is 1.13 bits per heavy atom. The fraction of sp³-hybridized carbons (Fsp3) is 0.333. The predicted molar refractivity (Wildman–Crippen MR) is 95.0 cm³/mol. The quantitative estimate of drug-likeness (QED) is 0.877. The maximum Gasteiger partial charge on any atom is 0.262 e. The molecule has 0 spiro atoms. The van der Waals surface area contributed by atoms with Crippen molar-refractivity contribution in [2.45, 2.75) is 33.7 Å². The van der Waals surface area contributed by atoms with E-state index in [-0.39, 0.29) is 17.7 Å². The van der Waals surface area contributed by atoms with Crippen molar-refractivity contribution >= 4 is 28.8 Å². The second-order valence-electron chi connectivity index (χ2n) is 5.98. The molecule has 2 N–H and O–H groups in total. The largest absolute Gasteiger partial charge is 0.339 e. The summed E-state index contributed by atoms with van der Waals surface area (Å²) in [5.74, 6) is -0.419. The van der Waals surface area contributed by atoms with Crippen molar-refractivity contribution in [2.24, 2.45) is 5.92 Å². The molecule has 5 heteroatoms. The van der Waals surface area contributed by atoms with E-state index in [1.807, 2.05) is 57.3 Å². The van der Waals surface area contributed by atoms with Crippen molar-refractivity contribution in [3.8, 4) is 0 Å². The van der Waals surface area contributed by atoms with Gasteiger partial charge in [-0.3, -0.25) is 9.59 Å². The number of carbonyl (C=O) groups is 2. The summed E-state index contributed by atoms with van der Waals surface area (Å²) < 4.78 is 0. The summed E-state index contributed by atoms with van der Waals surface area (Å²) in [6, 6.07) is 8.90. The molecular weight excluding hydrogens is 308 g/mol. The van der Waals surface area contributed by atoms with E-state index in [0.717, 1.165) is 16.8 Å². The standard InChI is InChI=1S/C18H22N2O2S/c1-11(2)16(20-17(21)15-6-5-9-23-15)18(22)19-14-10-12(3)7-8-13(14)4/h5-11,16H,1-4H3,(H,19,22)(H,20,21)/t16-/m0/s1. The Morgan fingerprint density at radius 3 is 2.48 bits per heavy atom. The van der Waals surface area contributed by atoms with E-state index < -0.39 is 6.04 Å². The highest BCUT2D eigenvalue weighted by molar-refractivity contribution is 7.12. The Balaban J connectivity index is 2.12. The van der Waals surface area contributed by atoms with Gasteiger partial charge in [-0.15, -0.1) is 11.3 Å². The monoisotopic (exact) mass is 330 g/mol. The molecule has 1 heterocycles. The molecular formula is C18H22N2O2S. The molecule has 0 aliphatic heterocycles. The molecule has 0 unspecified atom stereocenters. The van der Waals surface area contributed by atoms with Gasteiger partial charge in [0, 0.05) is 5.69 Å². The lowest BCUT2D eigenvalue weighted by atomic mass is 10.0. The number of benzene rings is 1. The van der Waals surface area contributed by atoms with Crippen LogP contribution in [0.15, 0.2) is 35.7 Å². The van der Waals surface area contributed by atoms with Crippen molar-refractivity contribution in [1.29, 1.82) is 0 Å². The van der Waals surface area contributed by atoms with Gasteiger partial charge in [0.1, 0.15) is 6.04 Å². The van der Waals surface area contributed by atoms with Gasteiger partial charge >= 0.3 is 0 Å². The highest BCUT2D eigenvalue weighted by atomic mass is 32.1. The van der Waals surface area contributed by atoms with Gasteiger partial charge in [-0.05, 0) is 48.4 Å². The number of rotatable bonds is 5. The molecule has 1 atom stereocenters. The van der Waals surface area contributed by atoms with Crippen LogP contribution in [0.4, 0.5) is 5.69 Å². The molecule has 0 saturated heterocycles. The first-order valence-corrected chi connectivity index (χ1v) is 8.49. The lowest BCUT2D eigenvalue weighted by molar-refractivity contribution is -0.118. The highest BCUT2D eigenvalue weighted by Gasteiger charge is 2.25. The third-order valence-electron chi connectivity index (χ3n) is 3.63. The molecule has 1 aromatic carbocycles. The summed E-state index contributed by atoms with van der Waals surface area (Å²) in [6.07, 6.45) is 0. The molecule has 122 valence electrons. The lowest BCUT2D eigenvalue weighted by Crippen LogP contribution is -2.47. The van der Waals surface area contributed by atoms with E-state index in [2.05, 4.69) is 10.6 Å². The first-order valence-electron chi connectivity index (χ1n) is 7.61. The zero-order valence-corrected chi connectivity index (χ0v) is 14.7. The van der Waals surface area contributed by atoms with E-state index >= 15 is 0 Å². The molecule has 1 aromatic heterocycles. The van der Waals surface area contributed by atoms with Gasteiger partial charge in [0.25, 0.3) is 5.91 Å². The third kappa shape index (κ3) is 4.42. The SMILES string of the molecule is Cc1ccc(C)c(NC(=O)[C@@H](NC(=O)c2cccs2)C(C)C)c1. The number of hydrogen-bond donors (Lipinski definition) is 2. The maximum atomic E-state index is 12.6. The van der Waals surface area contributed by atoms with Crippen LogP contribution in [0.25, 0.3) is 0 Å². The van der Waals surface area contributed by atoms with Crippen molar-refractivity contribution in [3.63, 3.8) is 0 Å². The minimum absolute atomic E-state index is 0.0102.